The molecule has 1 saturated heterocycles. The monoisotopic (exact) mass is 422 g/mol. The van der Waals surface area contributed by atoms with Crippen LogP contribution in [0.1, 0.15) is 6.92 Å². The Morgan fingerprint density at radius 2 is 1.73 bits per heavy atom. The average Bonchev–Trinajstić information content (AvgIpc) is 3.01. The molecule has 0 spiro atoms. The summed E-state index contributed by atoms with van der Waals surface area (Å²) in [5, 5.41) is 7.63. The molecule has 30 heavy (non-hydrogen) atoms. The highest BCUT2D eigenvalue weighted by atomic mass is 32.1. The predicted octanol–water partition coefficient (Wildman–Crippen LogP) is 2.54. The van der Waals surface area contributed by atoms with Gasteiger partial charge in [0.25, 0.3) is 17.7 Å². The molecule has 1 N–H and O–H groups in total. The lowest BCUT2D eigenvalue weighted by Crippen LogP contribution is -2.54. The summed E-state index contributed by atoms with van der Waals surface area (Å²) < 4.78 is 14.2. The third kappa shape index (κ3) is 3.29. The van der Waals surface area contributed by atoms with Crippen LogP contribution >= 0.6 is 12.2 Å². The summed E-state index contributed by atoms with van der Waals surface area (Å²) in [6.07, 6.45) is 1.25. The molecule has 9 heteroatoms. The number of para-hydroxylation sites is 2. The van der Waals surface area contributed by atoms with Gasteiger partial charge in [0.1, 0.15) is 11.4 Å². The fourth-order valence-corrected chi connectivity index (χ4v) is 3.50. The molecular formula is C21H15FN4O3S. The van der Waals surface area contributed by atoms with Crippen LogP contribution in [-0.4, -0.2) is 28.5 Å². The minimum Gasteiger partial charge on any atom is -0.298 e. The van der Waals surface area contributed by atoms with E-state index in [0.717, 1.165) is 4.90 Å². The molecule has 7 nitrogen and oxygen atoms in total. The number of hydrogen-bond acceptors (Lipinski definition) is 5. The molecule has 0 aromatic heterocycles. The number of rotatable bonds is 3. The van der Waals surface area contributed by atoms with Crippen LogP contribution in [0.25, 0.3) is 0 Å². The first-order valence-electron chi connectivity index (χ1n) is 8.98. The van der Waals surface area contributed by atoms with Gasteiger partial charge in [-0.15, -0.1) is 0 Å². The smallest absolute Gasteiger partial charge is 0.270 e. The zero-order chi connectivity index (χ0) is 21.4. The summed E-state index contributed by atoms with van der Waals surface area (Å²) in [5.41, 5.74) is 0.584. The van der Waals surface area contributed by atoms with Crippen LogP contribution in [0.5, 0.6) is 0 Å². The third-order valence-corrected chi connectivity index (χ3v) is 5.00. The summed E-state index contributed by atoms with van der Waals surface area (Å²) in [5.74, 6) is -3.56. The summed E-state index contributed by atoms with van der Waals surface area (Å²) in [4.78, 5) is 39.3. The maximum atomic E-state index is 14.2. The molecule has 0 radical (unpaired) electrons. The number of nitrogens with one attached hydrogen (secondary N) is 1. The van der Waals surface area contributed by atoms with E-state index >= 15 is 0 Å². The Kier molecular flexibility index (Phi) is 4.96. The molecule has 1 fully saturated rings. The van der Waals surface area contributed by atoms with Crippen molar-refractivity contribution in [2.24, 2.45) is 11.0 Å². The van der Waals surface area contributed by atoms with E-state index in [4.69, 9.17) is 12.2 Å². The molecule has 2 aromatic rings. The molecular weight excluding hydrogens is 407 g/mol. The van der Waals surface area contributed by atoms with Crippen molar-refractivity contribution in [1.29, 1.82) is 0 Å². The molecule has 2 heterocycles. The van der Waals surface area contributed by atoms with Gasteiger partial charge in [-0.25, -0.2) is 9.29 Å². The quantitative estimate of drug-likeness (QED) is 0.468. The van der Waals surface area contributed by atoms with Gasteiger partial charge in [0.05, 0.1) is 23.0 Å². The Bertz CT molecular complexity index is 1150. The summed E-state index contributed by atoms with van der Waals surface area (Å²) in [7, 11) is 0. The van der Waals surface area contributed by atoms with Crippen LogP contribution in [0.2, 0.25) is 0 Å². The van der Waals surface area contributed by atoms with Gasteiger partial charge in [-0.1, -0.05) is 30.3 Å². The number of benzene rings is 2. The SMILES string of the molecule is CC1=NN(c2ccccc2)C(=O)[C@@H]1/C=C1\C(=O)NC(=S)N(c2ccccc2F)C1=O. The van der Waals surface area contributed by atoms with E-state index in [9.17, 15) is 18.8 Å². The van der Waals surface area contributed by atoms with Gasteiger partial charge in [0.15, 0.2) is 5.11 Å². The first-order chi connectivity index (χ1) is 14.4. The summed E-state index contributed by atoms with van der Waals surface area (Å²) in [6.45, 7) is 1.63. The molecule has 2 aliphatic rings. The van der Waals surface area contributed by atoms with Crippen molar-refractivity contribution in [2.75, 3.05) is 9.91 Å². The van der Waals surface area contributed by atoms with E-state index in [1.165, 1.54) is 29.3 Å². The van der Waals surface area contributed by atoms with Crippen LogP contribution in [0, 0.1) is 11.7 Å². The Hall–Kier alpha value is -3.72. The third-order valence-electron chi connectivity index (χ3n) is 4.71. The zero-order valence-corrected chi connectivity index (χ0v) is 16.5. The van der Waals surface area contributed by atoms with E-state index in [-0.39, 0.29) is 16.4 Å². The normalized spacial score (nSPS) is 20.7. The van der Waals surface area contributed by atoms with Crippen molar-refractivity contribution in [2.45, 2.75) is 6.92 Å². The largest absolute Gasteiger partial charge is 0.298 e. The fourth-order valence-electron chi connectivity index (χ4n) is 3.22. The van der Waals surface area contributed by atoms with Gasteiger partial charge in [0, 0.05) is 0 Å². The molecule has 0 saturated carbocycles. The van der Waals surface area contributed by atoms with Crippen molar-refractivity contribution in [1.82, 2.24) is 5.32 Å². The molecule has 2 aromatic carbocycles. The Morgan fingerprint density at radius 1 is 1.07 bits per heavy atom. The molecule has 0 aliphatic carbocycles. The van der Waals surface area contributed by atoms with Gasteiger partial charge >= 0.3 is 0 Å². The second-order valence-electron chi connectivity index (χ2n) is 6.64. The highest BCUT2D eigenvalue weighted by Crippen LogP contribution is 2.28. The van der Waals surface area contributed by atoms with E-state index in [1.807, 2.05) is 6.07 Å². The lowest BCUT2D eigenvalue weighted by Gasteiger charge is -2.29. The van der Waals surface area contributed by atoms with Crippen LogP contribution in [0.4, 0.5) is 15.8 Å². The number of halogens is 1. The van der Waals surface area contributed by atoms with Crippen LogP contribution in [0.15, 0.2) is 71.3 Å². The molecule has 1 atom stereocenters. The number of nitrogens with zero attached hydrogens (tertiary/aromatic N) is 3. The number of thiocarbonyl (C=S) groups is 1. The second-order valence-corrected chi connectivity index (χ2v) is 7.02. The number of hydrogen-bond donors (Lipinski definition) is 1. The van der Waals surface area contributed by atoms with Gasteiger partial charge < -0.3 is 0 Å². The molecule has 3 amide bonds. The van der Waals surface area contributed by atoms with E-state index in [1.54, 1.807) is 37.3 Å². The van der Waals surface area contributed by atoms with Crippen molar-refractivity contribution < 1.29 is 18.8 Å². The number of amides is 3. The first-order valence-corrected chi connectivity index (χ1v) is 9.39. The number of anilines is 2. The highest BCUT2D eigenvalue weighted by Gasteiger charge is 2.39. The van der Waals surface area contributed by atoms with Gasteiger partial charge in [-0.05, 0) is 49.5 Å². The Labute approximate surface area is 176 Å². The fraction of sp³-hybridized carbons (Fsp3) is 0.0952. The summed E-state index contributed by atoms with van der Waals surface area (Å²) in [6, 6.07) is 14.4. The van der Waals surface area contributed by atoms with Crippen LogP contribution in [-0.2, 0) is 14.4 Å². The number of carbonyl (C=O) groups is 3. The van der Waals surface area contributed by atoms with Crippen molar-refractivity contribution in [3.63, 3.8) is 0 Å². The van der Waals surface area contributed by atoms with Crippen LogP contribution < -0.4 is 15.2 Å². The standard InChI is InChI=1S/C21H15FN4O3S/c1-12-14(20(29)26(24-12)13-7-3-2-4-8-13)11-15-18(27)23-21(30)25(19(15)28)17-10-6-5-9-16(17)22/h2-11,14H,1H3,(H,23,27,30)/b15-11+/t14-/m1/s1. The minimum absolute atomic E-state index is 0.0903. The Morgan fingerprint density at radius 3 is 2.43 bits per heavy atom. The van der Waals surface area contributed by atoms with Crippen molar-refractivity contribution in [3.8, 4) is 0 Å². The molecule has 2 aliphatic heterocycles. The lowest BCUT2D eigenvalue weighted by atomic mass is 9.98. The average molecular weight is 422 g/mol. The lowest BCUT2D eigenvalue weighted by molar-refractivity contribution is -0.122. The van der Waals surface area contributed by atoms with E-state index in [2.05, 4.69) is 10.4 Å². The van der Waals surface area contributed by atoms with Gasteiger partial charge in [0.2, 0.25) is 0 Å². The topological polar surface area (TPSA) is 82.1 Å². The predicted molar refractivity (Wildman–Crippen MR) is 113 cm³/mol. The van der Waals surface area contributed by atoms with E-state index < -0.39 is 29.5 Å². The molecule has 0 unspecified atom stereocenters. The van der Waals surface area contributed by atoms with E-state index in [0.29, 0.717) is 11.4 Å². The maximum Gasteiger partial charge on any atom is 0.270 e. The van der Waals surface area contributed by atoms with Crippen molar-refractivity contribution in [3.05, 3.63) is 72.1 Å². The minimum atomic E-state index is -0.913. The number of hydrazone groups is 1. The second kappa shape index (κ2) is 7.60. The first kappa shape index (κ1) is 19.6. The molecule has 4 rings (SSSR count). The Balaban J connectivity index is 1.69. The van der Waals surface area contributed by atoms with Gasteiger partial charge in [-0.3, -0.25) is 19.7 Å². The number of carbonyl (C=O) groups excluding carboxylic acids is 3. The van der Waals surface area contributed by atoms with Gasteiger partial charge in [-0.2, -0.15) is 10.1 Å². The molecule has 150 valence electrons. The molecule has 0 bridgehead atoms. The zero-order valence-electron chi connectivity index (χ0n) is 15.7. The van der Waals surface area contributed by atoms with Crippen LogP contribution in [0.3, 0.4) is 0 Å². The summed E-state index contributed by atoms with van der Waals surface area (Å²) >= 11 is 5.07. The maximum absolute atomic E-state index is 14.2. The highest BCUT2D eigenvalue weighted by molar-refractivity contribution is 7.80. The van der Waals surface area contributed by atoms with Crippen molar-refractivity contribution >= 4 is 52.1 Å².